The minimum Gasteiger partial charge on any atom is -0.360 e. The number of anilines is 2. The number of nitrogens with one attached hydrogen (secondary N) is 1. The van der Waals surface area contributed by atoms with Gasteiger partial charge in [-0.2, -0.15) is 0 Å². The summed E-state index contributed by atoms with van der Waals surface area (Å²) in [6, 6.07) is 8.58. The molecule has 142 valence electrons. The van der Waals surface area contributed by atoms with E-state index in [-0.39, 0.29) is 31.3 Å². The molecule has 9 heteroatoms. The van der Waals surface area contributed by atoms with Crippen molar-refractivity contribution in [3.8, 4) is 0 Å². The number of hydrogen-bond donors (Lipinski definition) is 1. The molecule has 1 fully saturated rings. The van der Waals surface area contributed by atoms with E-state index in [2.05, 4.69) is 10.5 Å². The number of nitrogens with zero attached hydrogens (tertiary/aromatic N) is 3. The van der Waals surface area contributed by atoms with Crippen molar-refractivity contribution in [3.05, 3.63) is 41.1 Å². The lowest BCUT2D eigenvalue weighted by Crippen LogP contribution is -2.39. The van der Waals surface area contributed by atoms with Crippen molar-refractivity contribution in [2.75, 3.05) is 30.4 Å². The minimum absolute atomic E-state index is 0.0818. The van der Waals surface area contributed by atoms with Gasteiger partial charge in [0, 0.05) is 26.1 Å². The normalized spacial score (nSPS) is 16.5. The standard InChI is InChI=1S/C18H19ClN4O4/c1-11-7-15(21-27-11)20-16(24)10-22(2)18(26)12-8-17(25)23(9-12)14-6-4-3-5-13(14)19/h3-7,12H,8-10H2,1-2H3,(H,20,21,24). The number of benzene rings is 1. The maximum atomic E-state index is 12.6. The maximum Gasteiger partial charge on any atom is 0.245 e. The molecule has 0 saturated carbocycles. The molecule has 0 radical (unpaired) electrons. The summed E-state index contributed by atoms with van der Waals surface area (Å²) in [4.78, 5) is 39.9. The third-order valence-electron chi connectivity index (χ3n) is 4.27. The molecule has 1 aliphatic heterocycles. The number of amides is 3. The van der Waals surface area contributed by atoms with E-state index < -0.39 is 11.8 Å². The number of likely N-dealkylation sites (N-methyl/N-ethyl adjacent to an activating group) is 1. The average Bonchev–Trinajstić information content (AvgIpc) is 3.20. The lowest BCUT2D eigenvalue weighted by molar-refractivity contribution is -0.137. The zero-order valence-electron chi connectivity index (χ0n) is 14.9. The van der Waals surface area contributed by atoms with Crippen LogP contribution >= 0.6 is 11.6 Å². The highest BCUT2D eigenvalue weighted by molar-refractivity contribution is 6.33. The van der Waals surface area contributed by atoms with Crippen LogP contribution in [0.1, 0.15) is 12.2 Å². The Labute approximate surface area is 161 Å². The highest BCUT2D eigenvalue weighted by Gasteiger charge is 2.37. The second-order valence-electron chi connectivity index (χ2n) is 6.42. The number of carbonyl (C=O) groups excluding carboxylic acids is 3. The van der Waals surface area contributed by atoms with E-state index in [9.17, 15) is 14.4 Å². The second-order valence-corrected chi connectivity index (χ2v) is 6.83. The monoisotopic (exact) mass is 390 g/mol. The smallest absolute Gasteiger partial charge is 0.245 e. The Kier molecular flexibility index (Phi) is 5.46. The minimum atomic E-state index is -0.527. The average molecular weight is 391 g/mol. The molecule has 27 heavy (non-hydrogen) atoms. The van der Waals surface area contributed by atoms with Crippen LogP contribution in [0.4, 0.5) is 11.5 Å². The molecule has 3 rings (SSSR count). The van der Waals surface area contributed by atoms with E-state index in [1.807, 2.05) is 0 Å². The van der Waals surface area contributed by atoms with Gasteiger partial charge in [0.05, 0.1) is 23.2 Å². The lowest BCUT2D eigenvalue weighted by atomic mass is 10.1. The van der Waals surface area contributed by atoms with E-state index in [1.165, 1.54) is 16.8 Å². The van der Waals surface area contributed by atoms with Gasteiger partial charge in [0.25, 0.3) is 0 Å². The number of hydrogen-bond acceptors (Lipinski definition) is 5. The first-order valence-electron chi connectivity index (χ1n) is 8.38. The van der Waals surface area contributed by atoms with Crippen LogP contribution in [0.2, 0.25) is 5.02 Å². The van der Waals surface area contributed by atoms with Crippen molar-refractivity contribution in [1.29, 1.82) is 0 Å². The van der Waals surface area contributed by atoms with Crippen molar-refractivity contribution in [3.63, 3.8) is 0 Å². The molecule has 0 spiro atoms. The molecule has 0 aliphatic carbocycles. The molecule has 0 bridgehead atoms. The summed E-state index contributed by atoms with van der Waals surface area (Å²) < 4.78 is 4.88. The third-order valence-corrected chi connectivity index (χ3v) is 4.59. The Hall–Kier alpha value is -2.87. The zero-order valence-corrected chi connectivity index (χ0v) is 15.7. The number of carbonyl (C=O) groups is 3. The van der Waals surface area contributed by atoms with Crippen molar-refractivity contribution >= 4 is 40.8 Å². The molecule has 1 unspecified atom stereocenters. The molecule has 1 aromatic carbocycles. The van der Waals surface area contributed by atoms with Gasteiger partial charge in [-0.15, -0.1) is 0 Å². The molecule has 1 aliphatic rings. The summed E-state index contributed by atoms with van der Waals surface area (Å²) >= 11 is 6.15. The highest BCUT2D eigenvalue weighted by Crippen LogP contribution is 2.31. The summed E-state index contributed by atoms with van der Waals surface area (Å²) in [7, 11) is 1.53. The van der Waals surface area contributed by atoms with Crippen LogP contribution in [-0.2, 0) is 14.4 Å². The molecule has 1 N–H and O–H groups in total. The Balaban J connectivity index is 1.59. The second kappa shape index (κ2) is 7.79. The first kappa shape index (κ1) is 18.9. The summed E-state index contributed by atoms with van der Waals surface area (Å²) in [5.74, 6) is -0.507. The van der Waals surface area contributed by atoms with Crippen LogP contribution in [-0.4, -0.2) is 47.9 Å². The third kappa shape index (κ3) is 4.28. The van der Waals surface area contributed by atoms with Crippen LogP contribution in [0.25, 0.3) is 0 Å². The summed E-state index contributed by atoms with van der Waals surface area (Å²) in [6.45, 7) is 1.79. The van der Waals surface area contributed by atoms with Gasteiger partial charge in [0.1, 0.15) is 5.76 Å². The van der Waals surface area contributed by atoms with E-state index >= 15 is 0 Å². The molecule has 3 amide bonds. The summed E-state index contributed by atoms with van der Waals surface area (Å²) in [5.41, 5.74) is 0.585. The molecular formula is C18H19ClN4O4. The summed E-state index contributed by atoms with van der Waals surface area (Å²) in [6.07, 6.45) is 0.0818. The topological polar surface area (TPSA) is 95.8 Å². The molecule has 1 saturated heterocycles. The predicted octanol–water partition coefficient (Wildman–Crippen LogP) is 2.09. The van der Waals surface area contributed by atoms with E-state index in [1.54, 1.807) is 37.3 Å². The molecule has 2 heterocycles. The summed E-state index contributed by atoms with van der Waals surface area (Å²) in [5, 5.41) is 6.68. The maximum absolute atomic E-state index is 12.6. The van der Waals surface area contributed by atoms with E-state index in [0.29, 0.717) is 22.3 Å². The van der Waals surface area contributed by atoms with Crippen molar-refractivity contribution in [2.24, 2.45) is 5.92 Å². The van der Waals surface area contributed by atoms with Gasteiger partial charge < -0.3 is 19.6 Å². The SMILES string of the molecule is Cc1cc(NC(=O)CN(C)C(=O)C2CC(=O)N(c3ccccc3Cl)C2)no1. The number of halogens is 1. The van der Waals surface area contributed by atoms with Gasteiger partial charge in [-0.05, 0) is 19.1 Å². The fourth-order valence-electron chi connectivity index (χ4n) is 2.99. The Morgan fingerprint density at radius 1 is 1.41 bits per heavy atom. The fourth-order valence-corrected chi connectivity index (χ4v) is 3.23. The Morgan fingerprint density at radius 2 is 2.15 bits per heavy atom. The number of rotatable bonds is 5. The molecule has 1 aromatic heterocycles. The molecule has 8 nitrogen and oxygen atoms in total. The number of aryl methyl sites for hydroxylation is 1. The molecule has 2 aromatic rings. The van der Waals surface area contributed by atoms with Crippen LogP contribution in [0, 0.1) is 12.8 Å². The van der Waals surface area contributed by atoms with Gasteiger partial charge in [-0.1, -0.05) is 28.9 Å². The van der Waals surface area contributed by atoms with E-state index in [0.717, 1.165) is 0 Å². The molecule has 1 atom stereocenters. The van der Waals surface area contributed by atoms with Gasteiger partial charge in [0.15, 0.2) is 5.82 Å². The quantitative estimate of drug-likeness (QED) is 0.843. The number of para-hydroxylation sites is 1. The van der Waals surface area contributed by atoms with Crippen LogP contribution in [0.5, 0.6) is 0 Å². The zero-order chi connectivity index (χ0) is 19.6. The molecular weight excluding hydrogens is 372 g/mol. The van der Waals surface area contributed by atoms with Gasteiger partial charge >= 0.3 is 0 Å². The number of aromatic nitrogens is 1. The Morgan fingerprint density at radius 3 is 2.81 bits per heavy atom. The van der Waals surface area contributed by atoms with Crippen LogP contribution in [0.15, 0.2) is 34.9 Å². The van der Waals surface area contributed by atoms with E-state index in [4.69, 9.17) is 16.1 Å². The highest BCUT2D eigenvalue weighted by atomic mass is 35.5. The largest absolute Gasteiger partial charge is 0.360 e. The fraction of sp³-hybridized carbons (Fsp3) is 0.333. The van der Waals surface area contributed by atoms with Gasteiger partial charge in [-0.25, -0.2) is 0 Å². The first-order valence-corrected chi connectivity index (χ1v) is 8.76. The first-order chi connectivity index (χ1) is 12.8. The Bertz CT molecular complexity index is 882. The van der Waals surface area contributed by atoms with Crippen LogP contribution < -0.4 is 10.2 Å². The van der Waals surface area contributed by atoms with Crippen molar-refractivity contribution < 1.29 is 18.9 Å². The van der Waals surface area contributed by atoms with Gasteiger partial charge in [0.2, 0.25) is 17.7 Å². The van der Waals surface area contributed by atoms with Crippen molar-refractivity contribution in [1.82, 2.24) is 10.1 Å². The van der Waals surface area contributed by atoms with Crippen molar-refractivity contribution in [2.45, 2.75) is 13.3 Å². The predicted molar refractivity (Wildman–Crippen MR) is 99.4 cm³/mol. The van der Waals surface area contributed by atoms with Gasteiger partial charge in [-0.3, -0.25) is 14.4 Å². The lowest BCUT2D eigenvalue weighted by Gasteiger charge is -2.21. The van der Waals surface area contributed by atoms with Crippen LogP contribution in [0.3, 0.4) is 0 Å².